The van der Waals surface area contributed by atoms with E-state index in [2.05, 4.69) is 9.89 Å². The predicted octanol–water partition coefficient (Wildman–Crippen LogP) is 2.40. The van der Waals surface area contributed by atoms with E-state index in [4.69, 9.17) is 5.11 Å². The number of hydrogen-bond donors (Lipinski definition) is 1. The average molecular weight is 334 g/mol. The first kappa shape index (κ1) is 15.2. The number of hydrogen-bond acceptors (Lipinski definition) is 5. The molecule has 0 aliphatic carbocycles. The third-order valence-electron chi connectivity index (χ3n) is 3.35. The molecule has 7 heteroatoms. The van der Waals surface area contributed by atoms with Gasteiger partial charge in [0, 0.05) is 24.6 Å². The van der Waals surface area contributed by atoms with Crippen molar-refractivity contribution in [1.29, 1.82) is 0 Å². The van der Waals surface area contributed by atoms with Crippen molar-refractivity contribution in [2.75, 3.05) is 24.6 Å². The van der Waals surface area contributed by atoms with Crippen LogP contribution >= 0.6 is 23.5 Å². The number of aromatic carboxylic acids is 1. The van der Waals surface area contributed by atoms with Crippen molar-refractivity contribution in [2.45, 2.75) is 0 Å². The van der Waals surface area contributed by atoms with Gasteiger partial charge < -0.3 is 10.0 Å². The van der Waals surface area contributed by atoms with E-state index >= 15 is 0 Å². The van der Waals surface area contributed by atoms with Crippen LogP contribution in [0.4, 0.5) is 0 Å². The zero-order chi connectivity index (χ0) is 15.5. The van der Waals surface area contributed by atoms with Crippen LogP contribution in [0.25, 0.3) is 6.08 Å². The molecule has 2 heterocycles. The summed E-state index contributed by atoms with van der Waals surface area (Å²) in [6, 6.07) is 6.45. The quantitative estimate of drug-likeness (QED) is 0.838. The van der Waals surface area contributed by atoms with Gasteiger partial charge in [0.05, 0.1) is 10.5 Å². The molecule has 2 aliphatic rings. The molecular weight excluding hydrogens is 320 g/mol. The molecule has 1 fully saturated rings. The van der Waals surface area contributed by atoms with E-state index in [1.807, 2.05) is 11.8 Å². The Hall–Kier alpha value is -1.73. The van der Waals surface area contributed by atoms with Crippen LogP contribution in [-0.2, 0) is 4.79 Å². The lowest BCUT2D eigenvalue weighted by atomic mass is 10.1. The molecule has 2 aliphatic heterocycles. The van der Waals surface area contributed by atoms with Crippen molar-refractivity contribution in [3.05, 3.63) is 40.3 Å². The summed E-state index contributed by atoms with van der Waals surface area (Å²) in [5.41, 5.74) is 1.03. The molecule has 1 N–H and O–H groups in total. The van der Waals surface area contributed by atoms with Crippen LogP contribution in [0.3, 0.4) is 0 Å². The molecule has 0 radical (unpaired) electrons. The van der Waals surface area contributed by atoms with E-state index in [1.54, 1.807) is 18.2 Å². The summed E-state index contributed by atoms with van der Waals surface area (Å²) < 4.78 is 0. The van der Waals surface area contributed by atoms with E-state index in [0.717, 1.165) is 35.3 Å². The number of carbonyl (C=O) groups is 2. The summed E-state index contributed by atoms with van der Waals surface area (Å²) in [6.45, 7) is 1.84. The highest BCUT2D eigenvalue weighted by Gasteiger charge is 2.26. The first-order chi connectivity index (χ1) is 10.6. The lowest BCUT2D eigenvalue weighted by Crippen LogP contribution is -2.35. The standard InChI is InChI=1S/C15H14N2O3S2/c18-13-12(9-10-1-3-11(4-2-10)14(19)20)22-15(16-13)17-5-7-21-8-6-17/h1-4,9H,5-8H2,(H,19,20). The second-order valence-electron chi connectivity index (χ2n) is 4.84. The Kier molecular flexibility index (Phi) is 4.54. The Balaban J connectivity index is 1.73. The van der Waals surface area contributed by atoms with Crippen LogP contribution in [0.5, 0.6) is 0 Å². The van der Waals surface area contributed by atoms with E-state index in [1.165, 1.54) is 23.9 Å². The molecule has 1 aromatic carbocycles. The van der Waals surface area contributed by atoms with Crippen LogP contribution in [0.1, 0.15) is 15.9 Å². The zero-order valence-electron chi connectivity index (χ0n) is 11.7. The molecule has 22 heavy (non-hydrogen) atoms. The number of amides is 1. The fourth-order valence-corrected chi connectivity index (χ4v) is 4.03. The first-order valence-electron chi connectivity index (χ1n) is 6.82. The van der Waals surface area contributed by atoms with Gasteiger partial charge in [-0.05, 0) is 35.5 Å². The number of benzene rings is 1. The lowest BCUT2D eigenvalue weighted by Gasteiger charge is -2.26. The van der Waals surface area contributed by atoms with Gasteiger partial charge in [0.15, 0.2) is 5.17 Å². The molecule has 0 atom stereocenters. The topological polar surface area (TPSA) is 70.0 Å². The molecule has 5 nitrogen and oxygen atoms in total. The van der Waals surface area contributed by atoms with Crippen molar-refractivity contribution < 1.29 is 14.7 Å². The van der Waals surface area contributed by atoms with Crippen molar-refractivity contribution in [3.8, 4) is 0 Å². The van der Waals surface area contributed by atoms with Crippen LogP contribution in [0.15, 0.2) is 34.2 Å². The van der Waals surface area contributed by atoms with Crippen LogP contribution in [0, 0.1) is 0 Å². The number of aliphatic imine (C=N–C) groups is 1. The van der Waals surface area contributed by atoms with E-state index < -0.39 is 5.97 Å². The number of rotatable bonds is 2. The van der Waals surface area contributed by atoms with Crippen molar-refractivity contribution in [3.63, 3.8) is 0 Å². The Morgan fingerprint density at radius 2 is 1.91 bits per heavy atom. The van der Waals surface area contributed by atoms with Gasteiger partial charge in [-0.3, -0.25) is 4.79 Å². The average Bonchev–Trinajstić information content (AvgIpc) is 2.90. The minimum atomic E-state index is -0.959. The Morgan fingerprint density at radius 3 is 2.55 bits per heavy atom. The van der Waals surface area contributed by atoms with Gasteiger partial charge in [-0.1, -0.05) is 12.1 Å². The van der Waals surface area contributed by atoms with Gasteiger partial charge in [-0.25, -0.2) is 4.79 Å². The molecule has 0 unspecified atom stereocenters. The number of nitrogens with zero attached hydrogens (tertiary/aromatic N) is 2. The summed E-state index contributed by atoms with van der Waals surface area (Å²) in [6.07, 6.45) is 1.76. The van der Waals surface area contributed by atoms with Crippen molar-refractivity contribution in [1.82, 2.24) is 4.90 Å². The second kappa shape index (κ2) is 6.58. The Morgan fingerprint density at radius 1 is 1.23 bits per heavy atom. The van der Waals surface area contributed by atoms with E-state index in [0.29, 0.717) is 4.91 Å². The zero-order valence-corrected chi connectivity index (χ0v) is 13.3. The van der Waals surface area contributed by atoms with Crippen LogP contribution < -0.4 is 0 Å². The fourth-order valence-electron chi connectivity index (χ4n) is 2.16. The third-order valence-corrected chi connectivity index (χ3v) is 5.33. The maximum Gasteiger partial charge on any atom is 0.335 e. The smallest absolute Gasteiger partial charge is 0.335 e. The second-order valence-corrected chi connectivity index (χ2v) is 7.07. The molecular formula is C15H14N2O3S2. The van der Waals surface area contributed by atoms with Crippen molar-refractivity contribution in [2.24, 2.45) is 4.99 Å². The van der Waals surface area contributed by atoms with Crippen LogP contribution in [-0.4, -0.2) is 51.6 Å². The summed E-state index contributed by atoms with van der Waals surface area (Å²) in [4.78, 5) is 29.7. The molecule has 3 rings (SSSR count). The number of amidine groups is 1. The maximum absolute atomic E-state index is 12.0. The van der Waals surface area contributed by atoms with Gasteiger partial charge in [0.1, 0.15) is 0 Å². The maximum atomic E-state index is 12.0. The van der Waals surface area contributed by atoms with Gasteiger partial charge >= 0.3 is 5.97 Å². The molecule has 0 aromatic heterocycles. The normalized spacial score (nSPS) is 20.4. The number of carboxylic acid groups (broad SMARTS) is 1. The highest BCUT2D eigenvalue weighted by Crippen LogP contribution is 2.31. The van der Waals surface area contributed by atoms with Gasteiger partial charge in [0.2, 0.25) is 0 Å². The molecule has 0 bridgehead atoms. The summed E-state index contributed by atoms with van der Waals surface area (Å²) in [5.74, 6) is 0.937. The molecule has 1 saturated heterocycles. The minimum absolute atomic E-state index is 0.222. The first-order valence-corrected chi connectivity index (χ1v) is 8.79. The summed E-state index contributed by atoms with van der Waals surface area (Å²) >= 11 is 3.30. The van der Waals surface area contributed by atoms with Crippen molar-refractivity contribution >= 4 is 46.6 Å². The monoisotopic (exact) mass is 334 g/mol. The van der Waals surface area contributed by atoms with Gasteiger partial charge in [-0.2, -0.15) is 16.8 Å². The highest BCUT2D eigenvalue weighted by atomic mass is 32.2. The molecule has 1 aromatic rings. The highest BCUT2D eigenvalue weighted by molar-refractivity contribution is 8.18. The van der Waals surface area contributed by atoms with E-state index in [-0.39, 0.29) is 11.5 Å². The van der Waals surface area contributed by atoms with E-state index in [9.17, 15) is 9.59 Å². The Bertz CT molecular complexity index is 662. The number of carboxylic acids is 1. The Labute approximate surface area is 136 Å². The molecule has 0 spiro atoms. The minimum Gasteiger partial charge on any atom is -0.478 e. The number of thioether (sulfide) groups is 2. The largest absolute Gasteiger partial charge is 0.478 e. The number of carbonyl (C=O) groups excluding carboxylic acids is 1. The third kappa shape index (κ3) is 3.36. The molecule has 114 valence electrons. The molecule has 0 saturated carbocycles. The van der Waals surface area contributed by atoms with Gasteiger partial charge in [0.25, 0.3) is 5.91 Å². The summed E-state index contributed by atoms with van der Waals surface area (Å²) in [7, 11) is 0. The molecule has 1 amide bonds. The fraction of sp³-hybridized carbons (Fsp3) is 0.267. The van der Waals surface area contributed by atoms with Gasteiger partial charge in [-0.15, -0.1) is 0 Å². The lowest BCUT2D eigenvalue weighted by molar-refractivity contribution is -0.113. The summed E-state index contributed by atoms with van der Waals surface area (Å²) in [5, 5.41) is 9.66. The predicted molar refractivity (Wildman–Crippen MR) is 90.3 cm³/mol. The SMILES string of the molecule is O=C1N=C(N2CCSCC2)SC1=Cc1ccc(C(=O)O)cc1. The van der Waals surface area contributed by atoms with Crippen LogP contribution in [0.2, 0.25) is 0 Å².